The smallest absolute Gasteiger partial charge is 0.221 e. The van der Waals surface area contributed by atoms with Crippen molar-refractivity contribution >= 4 is 22.5 Å². The van der Waals surface area contributed by atoms with E-state index in [1.165, 1.54) is 0 Å². The fourth-order valence-electron chi connectivity index (χ4n) is 5.45. The van der Waals surface area contributed by atoms with Gasteiger partial charge < -0.3 is 22.1 Å². The number of nitrogen functional groups attached to an aromatic ring is 1. The number of hydrogen-bond donors (Lipinski definition) is 3. The second-order valence-electron chi connectivity index (χ2n) is 9.54. The molecule has 0 unspecified atom stereocenters. The summed E-state index contributed by atoms with van der Waals surface area (Å²) >= 11 is 0. The zero-order valence-electron chi connectivity index (χ0n) is 20.2. The number of nitrogens with zero attached hydrogens (tertiary/aromatic N) is 6. The van der Waals surface area contributed by atoms with E-state index in [1.54, 1.807) is 6.20 Å². The van der Waals surface area contributed by atoms with Crippen molar-refractivity contribution in [3.8, 4) is 22.6 Å². The minimum atomic E-state index is -0.534. The number of halogens is 1. The Labute approximate surface area is 203 Å². The minimum Gasteiger partial charge on any atom is -0.368 e. The summed E-state index contributed by atoms with van der Waals surface area (Å²) in [5.41, 5.74) is 10.3. The SMILES string of the molecule is CC(C)c1c2cc(-c3nc(N)nc(-c4ccc(N5C[C@@H]6C[C@H]5CN6)cn4)c3F)ccc2nn1C.N. The van der Waals surface area contributed by atoms with Gasteiger partial charge in [-0.2, -0.15) is 5.10 Å². The number of pyridine rings is 1. The molecule has 0 saturated carbocycles. The molecule has 2 fully saturated rings. The van der Waals surface area contributed by atoms with Crippen LogP contribution in [0.15, 0.2) is 36.5 Å². The van der Waals surface area contributed by atoms with E-state index in [1.807, 2.05) is 42.1 Å². The molecular formula is C25H30FN9. The van der Waals surface area contributed by atoms with Gasteiger partial charge in [0.15, 0.2) is 5.82 Å². The molecule has 182 valence electrons. The van der Waals surface area contributed by atoms with Crippen molar-refractivity contribution in [1.82, 2.24) is 36.2 Å². The first-order valence-electron chi connectivity index (χ1n) is 11.7. The molecule has 0 spiro atoms. The van der Waals surface area contributed by atoms with Crippen LogP contribution in [0.4, 0.5) is 16.0 Å². The average Bonchev–Trinajstić information content (AvgIpc) is 3.53. The molecule has 35 heavy (non-hydrogen) atoms. The molecule has 2 aliphatic rings. The summed E-state index contributed by atoms with van der Waals surface area (Å²) < 4.78 is 17.6. The standard InChI is InChI=1S/C25H27FN8.H3N/c1-13(2)24-18-8-14(4-6-19(18)32-33(24)3)22-21(26)23(31-25(27)30-22)20-7-5-16(10-29-20)34-12-15-9-17(34)11-28-15;/h4-8,10,13,15,17,28H,9,11-12H2,1-3H3,(H2,27,30,31);1H3/t15-,17-;/m0./s1. The highest BCUT2D eigenvalue weighted by molar-refractivity contribution is 5.87. The van der Waals surface area contributed by atoms with Gasteiger partial charge in [-0.05, 0) is 36.6 Å². The molecule has 2 saturated heterocycles. The first kappa shape index (κ1) is 23.1. The Kier molecular flexibility index (Phi) is 5.65. The average molecular weight is 476 g/mol. The van der Waals surface area contributed by atoms with Gasteiger partial charge in [0.1, 0.15) is 11.4 Å². The van der Waals surface area contributed by atoms with Crippen LogP contribution in [0.2, 0.25) is 0 Å². The van der Waals surface area contributed by atoms with Crippen LogP contribution in [0.1, 0.15) is 31.9 Å². The van der Waals surface area contributed by atoms with Crippen molar-refractivity contribution in [2.24, 2.45) is 7.05 Å². The summed E-state index contributed by atoms with van der Waals surface area (Å²) in [4.78, 5) is 15.3. The first-order chi connectivity index (χ1) is 16.4. The molecule has 3 aromatic heterocycles. The predicted molar refractivity (Wildman–Crippen MR) is 136 cm³/mol. The van der Waals surface area contributed by atoms with E-state index in [9.17, 15) is 0 Å². The lowest BCUT2D eigenvalue weighted by Crippen LogP contribution is -2.43. The van der Waals surface area contributed by atoms with E-state index in [0.717, 1.165) is 41.8 Å². The number of piperazine rings is 1. The molecule has 4 aromatic rings. The maximum atomic E-state index is 15.8. The van der Waals surface area contributed by atoms with Crippen molar-refractivity contribution < 1.29 is 4.39 Å². The Bertz CT molecular complexity index is 1400. The summed E-state index contributed by atoms with van der Waals surface area (Å²) in [6.07, 6.45) is 2.95. The number of fused-ring (bicyclic) bond motifs is 3. The topological polar surface area (TPSA) is 133 Å². The van der Waals surface area contributed by atoms with Crippen molar-refractivity contribution in [2.45, 2.75) is 38.3 Å². The van der Waals surface area contributed by atoms with Crippen LogP contribution in [-0.4, -0.2) is 49.9 Å². The summed E-state index contributed by atoms with van der Waals surface area (Å²) in [7, 11) is 1.93. The molecule has 2 aliphatic heterocycles. The van der Waals surface area contributed by atoms with Gasteiger partial charge in [0, 0.05) is 48.9 Å². The van der Waals surface area contributed by atoms with Crippen LogP contribution >= 0.6 is 0 Å². The van der Waals surface area contributed by atoms with Crippen LogP contribution in [0.3, 0.4) is 0 Å². The van der Waals surface area contributed by atoms with E-state index >= 15 is 4.39 Å². The van der Waals surface area contributed by atoms with Gasteiger partial charge in [-0.3, -0.25) is 9.67 Å². The second kappa shape index (κ2) is 8.54. The summed E-state index contributed by atoms with van der Waals surface area (Å²) in [6.45, 7) is 6.19. The number of aryl methyl sites for hydroxylation is 1. The third-order valence-electron chi connectivity index (χ3n) is 6.95. The number of aromatic nitrogens is 5. The molecule has 0 amide bonds. The monoisotopic (exact) mass is 475 g/mol. The highest BCUT2D eigenvalue weighted by Crippen LogP contribution is 2.34. The van der Waals surface area contributed by atoms with Gasteiger partial charge >= 0.3 is 0 Å². The minimum absolute atomic E-state index is 0. The maximum Gasteiger partial charge on any atom is 0.221 e. The molecule has 5 heterocycles. The van der Waals surface area contributed by atoms with E-state index in [2.05, 4.69) is 44.1 Å². The number of nitrogens with two attached hydrogens (primary N) is 1. The Morgan fingerprint density at radius 1 is 1.14 bits per heavy atom. The molecule has 2 atom stereocenters. The molecule has 1 aromatic carbocycles. The first-order valence-corrected chi connectivity index (χ1v) is 11.7. The molecule has 6 N–H and O–H groups in total. The number of nitrogens with one attached hydrogen (secondary N) is 1. The largest absolute Gasteiger partial charge is 0.368 e. The fourth-order valence-corrected chi connectivity index (χ4v) is 5.45. The number of anilines is 2. The van der Waals surface area contributed by atoms with Crippen LogP contribution in [0.25, 0.3) is 33.5 Å². The predicted octanol–water partition coefficient (Wildman–Crippen LogP) is 3.65. The highest BCUT2D eigenvalue weighted by atomic mass is 19.1. The normalized spacial score (nSPS) is 19.1. The van der Waals surface area contributed by atoms with Crippen molar-refractivity contribution in [2.75, 3.05) is 23.7 Å². The van der Waals surface area contributed by atoms with Gasteiger partial charge in [0.25, 0.3) is 0 Å². The lowest BCUT2D eigenvalue weighted by atomic mass is 10.0. The third-order valence-corrected chi connectivity index (χ3v) is 6.95. The molecule has 0 aliphatic carbocycles. The van der Waals surface area contributed by atoms with Crippen LogP contribution in [0.5, 0.6) is 0 Å². The van der Waals surface area contributed by atoms with Gasteiger partial charge in [-0.15, -0.1) is 0 Å². The Morgan fingerprint density at radius 2 is 1.94 bits per heavy atom. The summed E-state index contributed by atoms with van der Waals surface area (Å²) in [5, 5.41) is 9.06. The lowest BCUT2D eigenvalue weighted by molar-refractivity contribution is 0.579. The third kappa shape index (κ3) is 3.78. The van der Waals surface area contributed by atoms with Gasteiger partial charge in [0.2, 0.25) is 5.95 Å². The van der Waals surface area contributed by atoms with Crippen molar-refractivity contribution in [1.29, 1.82) is 0 Å². The van der Waals surface area contributed by atoms with Crippen molar-refractivity contribution in [3.05, 3.63) is 48.0 Å². The molecule has 6 rings (SSSR count). The van der Waals surface area contributed by atoms with E-state index in [0.29, 0.717) is 23.3 Å². The lowest BCUT2D eigenvalue weighted by Gasteiger charge is -2.29. The molecular weight excluding hydrogens is 445 g/mol. The van der Waals surface area contributed by atoms with Gasteiger partial charge in [-0.1, -0.05) is 19.9 Å². The van der Waals surface area contributed by atoms with Crippen LogP contribution < -0.4 is 22.1 Å². The molecule has 10 heteroatoms. The molecule has 0 radical (unpaired) electrons. The Morgan fingerprint density at radius 3 is 2.60 bits per heavy atom. The van der Waals surface area contributed by atoms with Crippen LogP contribution in [0, 0.1) is 5.82 Å². The van der Waals surface area contributed by atoms with Crippen LogP contribution in [-0.2, 0) is 7.05 Å². The number of benzene rings is 1. The van der Waals surface area contributed by atoms with Crippen molar-refractivity contribution in [3.63, 3.8) is 0 Å². The van der Waals surface area contributed by atoms with E-state index in [4.69, 9.17) is 5.73 Å². The molecule has 2 bridgehead atoms. The zero-order chi connectivity index (χ0) is 23.6. The quantitative estimate of drug-likeness (QED) is 0.407. The zero-order valence-corrected chi connectivity index (χ0v) is 20.2. The number of rotatable bonds is 4. The van der Waals surface area contributed by atoms with Gasteiger partial charge in [0.05, 0.1) is 23.1 Å². The van der Waals surface area contributed by atoms with E-state index in [-0.39, 0.29) is 29.4 Å². The number of hydrogen-bond acceptors (Lipinski definition) is 8. The highest BCUT2D eigenvalue weighted by Gasteiger charge is 2.37. The summed E-state index contributed by atoms with van der Waals surface area (Å²) in [5.74, 6) is -0.255. The van der Waals surface area contributed by atoms with E-state index < -0.39 is 5.82 Å². The Balaban J connectivity index is 0.00000253. The molecule has 9 nitrogen and oxygen atoms in total. The summed E-state index contributed by atoms with van der Waals surface area (Å²) in [6, 6.07) is 10.5. The maximum absolute atomic E-state index is 15.8. The second-order valence-corrected chi connectivity index (χ2v) is 9.54. The van der Waals surface area contributed by atoms with Gasteiger partial charge in [-0.25, -0.2) is 14.4 Å². The fraction of sp³-hybridized carbons (Fsp3) is 0.360. The Hall–Kier alpha value is -3.63.